The van der Waals surface area contributed by atoms with Gasteiger partial charge < -0.3 is 15.0 Å². The zero-order valence-corrected chi connectivity index (χ0v) is 18.1. The average Bonchev–Trinajstić information content (AvgIpc) is 3.18. The van der Waals surface area contributed by atoms with Crippen LogP contribution in [0.3, 0.4) is 0 Å². The first-order valence-corrected chi connectivity index (χ1v) is 11.7. The van der Waals surface area contributed by atoms with Gasteiger partial charge in [0.05, 0.1) is 11.3 Å². The van der Waals surface area contributed by atoms with E-state index in [4.69, 9.17) is 9.11 Å². The Bertz CT molecular complexity index is 795. The number of hydrogen-bond donors (Lipinski definition) is 1. The predicted octanol–water partition coefficient (Wildman–Crippen LogP) is 4.11. The molecule has 0 bridgehead atoms. The minimum absolute atomic E-state index is 0.262. The van der Waals surface area contributed by atoms with Crippen LogP contribution in [0.15, 0.2) is 24.3 Å². The van der Waals surface area contributed by atoms with E-state index < -0.39 is 0 Å². The van der Waals surface area contributed by atoms with Gasteiger partial charge in [0.15, 0.2) is 0 Å². The van der Waals surface area contributed by atoms with Gasteiger partial charge in [0.1, 0.15) is 5.82 Å². The summed E-state index contributed by atoms with van der Waals surface area (Å²) in [5, 5.41) is 4.29. The second kappa shape index (κ2) is 9.76. The van der Waals surface area contributed by atoms with E-state index in [1.165, 1.54) is 35.9 Å². The summed E-state index contributed by atoms with van der Waals surface area (Å²) >= 11 is 1.60. The number of carbonyl (C=O) groups is 1. The number of hydrogen-bond acceptors (Lipinski definition) is 6. The van der Waals surface area contributed by atoms with Gasteiger partial charge in [-0.05, 0) is 75.2 Å². The molecule has 29 heavy (non-hydrogen) atoms. The first-order valence-electron chi connectivity index (χ1n) is 11.0. The highest BCUT2D eigenvalue weighted by Gasteiger charge is 2.25. The van der Waals surface area contributed by atoms with Gasteiger partial charge in [0, 0.05) is 37.6 Å². The summed E-state index contributed by atoms with van der Waals surface area (Å²) in [4.78, 5) is 16.6. The van der Waals surface area contributed by atoms with Gasteiger partial charge in [-0.25, -0.2) is 4.79 Å². The minimum atomic E-state index is -0.262. The Hall–Kier alpha value is -1.86. The molecule has 1 saturated heterocycles. The third kappa shape index (κ3) is 5.20. The second-order valence-corrected chi connectivity index (χ2v) is 9.01. The molecule has 2 heterocycles. The van der Waals surface area contributed by atoms with Gasteiger partial charge >= 0.3 is 6.09 Å². The van der Waals surface area contributed by atoms with E-state index in [0.29, 0.717) is 12.6 Å². The lowest BCUT2D eigenvalue weighted by molar-refractivity contribution is 0.141. The first kappa shape index (κ1) is 20.4. The standard InChI is InChI=1S/C22H32N4O2S/c1-2-28-22(27)23-18-9-7-17(8-10-18)11-12-25-13-15-26(16-14-25)21-19-5-3-4-6-20(19)29-24-21/h3-6,17-18H,2,7-16H2,1H3,(H,23,27)/t17-,18-. The highest BCUT2D eigenvalue weighted by atomic mass is 32.1. The van der Waals surface area contributed by atoms with Crippen LogP contribution in [0, 0.1) is 5.92 Å². The number of nitrogens with one attached hydrogen (secondary N) is 1. The number of rotatable bonds is 6. The molecule has 1 saturated carbocycles. The topological polar surface area (TPSA) is 57.7 Å². The van der Waals surface area contributed by atoms with Crippen molar-refractivity contribution >= 4 is 33.5 Å². The van der Waals surface area contributed by atoms with Crippen molar-refractivity contribution in [3.8, 4) is 0 Å². The highest BCUT2D eigenvalue weighted by molar-refractivity contribution is 7.13. The van der Waals surface area contributed by atoms with Crippen LogP contribution in [0.1, 0.15) is 39.0 Å². The van der Waals surface area contributed by atoms with Gasteiger partial charge in [-0.3, -0.25) is 4.90 Å². The number of ether oxygens (including phenoxy) is 1. The predicted molar refractivity (Wildman–Crippen MR) is 119 cm³/mol. The Balaban J connectivity index is 1.17. The molecule has 0 radical (unpaired) electrons. The highest BCUT2D eigenvalue weighted by Crippen LogP contribution is 2.30. The summed E-state index contributed by atoms with van der Waals surface area (Å²) < 4.78 is 11.0. The van der Waals surface area contributed by atoms with Crippen LogP contribution in [0.5, 0.6) is 0 Å². The fraction of sp³-hybridized carbons (Fsp3) is 0.636. The Morgan fingerprint density at radius 2 is 1.93 bits per heavy atom. The third-order valence-corrected chi connectivity index (χ3v) is 7.14. The van der Waals surface area contributed by atoms with E-state index in [0.717, 1.165) is 50.8 Å². The number of piperazine rings is 1. The molecule has 1 aliphatic heterocycles. The number of fused-ring (bicyclic) bond motifs is 1. The first-order chi connectivity index (χ1) is 14.2. The lowest BCUT2D eigenvalue weighted by Crippen LogP contribution is -2.47. The zero-order chi connectivity index (χ0) is 20.1. The molecule has 1 aromatic carbocycles. The van der Waals surface area contributed by atoms with Gasteiger partial charge in [-0.15, -0.1) is 0 Å². The Labute approximate surface area is 177 Å². The van der Waals surface area contributed by atoms with Crippen LogP contribution in [0.2, 0.25) is 0 Å². The number of aromatic nitrogens is 1. The molecule has 158 valence electrons. The largest absolute Gasteiger partial charge is 0.450 e. The van der Waals surface area contributed by atoms with E-state index in [-0.39, 0.29) is 6.09 Å². The fourth-order valence-corrected chi connectivity index (χ4v) is 5.38. The van der Waals surface area contributed by atoms with E-state index in [9.17, 15) is 4.79 Å². The Kier molecular flexibility index (Phi) is 6.87. The van der Waals surface area contributed by atoms with Crippen molar-refractivity contribution in [2.75, 3.05) is 44.2 Å². The molecule has 0 spiro atoms. The normalized spacial score (nSPS) is 23.3. The van der Waals surface area contributed by atoms with Crippen LogP contribution in [-0.4, -0.2) is 60.7 Å². The molecule has 2 aromatic rings. The minimum Gasteiger partial charge on any atom is -0.450 e. The summed E-state index contributed by atoms with van der Waals surface area (Å²) in [6.45, 7) is 7.82. The van der Waals surface area contributed by atoms with Crippen LogP contribution < -0.4 is 10.2 Å². The maximum Gasteiger partial charge on any atom is 0.407 e. The molecular formula is C22H32N4O2S. The van der Waals surface area contributed by atoms with Crippen molar-refractivity contribution in [3.05, 3.63) is 24.3 Å². The molecule has 2 aliphatic rings. The van der Waals surface area contributed by atoms with E-state index in [1.807, 2.05) is 6.92 Å². The van der Waals surface area contributed by atoms with Crippen molar-refractivity contribution in [2.45, 2.75) is 45.1 Å². The molecule has 1 amide bonds. The summed E-state index contributed by atoms with van der Waals surface area (Å²) in [7, 11) is 0. The maximum atomic E-state index is 11.6. The lowest BCUT2D eigenvalue weighted by atomic mass is 9.84. The molecule has 0 atom stereocenters. The number of amides is 1. The van der Waals surface area contributed by atoms with Gasteiger partial charge in [0.2, 0.25) is 0 Å². The molecule has 2 fully saturated rings. The number of alkyl carbamates (subject to hydrolysis) is 1. The third-order valence-electron chi connectivity index (χ3n) is 6.33. The molecule has 0 unspecified atom stereocenters. The van der Waals surface area contributed by atoms with Crippen molar-refractivity contribution in [1.82, 2.24) is 14.6 Å². The van der Waals surface area contributed by atoms with Gasteiger partial charge in [-0.2, -0.15) is 4.37 Å². The van der Waals surface area contributed by atoms with Crippen molar-refractivity contribution in [1.29, 1.82) is 0 Å². The van der Waals surface area contributed by atoms with Crippen molar-refractivity contribution in [2.24, 2.45) is 5.92 Å². The number of nitrogens with zero attached hydrogens (tertiary/aromatic N) is 3. The maximum absolute atomic E-state index is 11.6. The molecule has 4 rings (SSSR count). The van der Waals surface area contributed by atoms with E-state index in [1.54, 1.807) is 11.5 Å². The lowest BCUT2D eigenvalue weighted by Gasteiger charge is -2.36. The van der Waals surface area contributed by atoms with Crippen molar-refractivity contribution < 1.29 is 9.53 Å². The monoisotopic (exact) mass is 416 g/mol. The number of benzene rings is 1. The molecule has 6 nitrogen and oxygen atoms in total. The quantitative estimate of drug-likeness (QED) is 0.768. The summed E-state index contributed by atoms with van der Waals surface area (Å²) in [6, 6.07) is 8.83. The van der Waals surface area contributed by atoms with Crippen LogP contribution in [0.25, 0.3) is 10.1 Å². The SMILES string of the molecule is CCOC(=O)N[C@H]1CC[C@H](CCN2CCN(c3nsc4ccccc34)CC2)CC1. The van der Waals surface area contributed by atoms with Crippen molar-refractivity contribution in [3.63, 3.8) is 0 Å². The van der Waals surface area contributed by atoms with Crippen LogP contribution in [0.4, 0.5) is 10.6 Å². The molecule has 1 N–H and O–H groups in total. The molecule has 1 aliphatic carbocycles. The smallest absolute Gasteiger partial charge is 0.407 e. The summed E-state index contributed by atoms with van der Waals surface area (Å²) in [5.41, 5.74) is 0. The molecule has 7 heteroatoms. The molecule has 1 aromatic heterocycles. The van der Waals surface area contributed by atoms with Gasteiger partial charge in [-0.1, -0.05) is 12.1 Å². The van der Waals surface area contributed by atoms with Crippen LogP contribution >= 0.6 is 11.5 Å². The fourth-order valence-electron chi connectivity index (χ4n) is 4.58. The Morgan fingerprint density at radius 3 is 2.69 bits per heavy atom. The summed E-state index contributed by atoms with van der Waals surface area (Å²) in [5.74, 6) is 1.95. The van der Waals surface area contributed by atoms with E-state index >= 15 is 0 Å². The average molecular weight is 417 g/mol. The molecular weight excluding hydrogens is 384 g/mol. The number of anilines is 1. The van der Waals surface area contributed by atoms with Crippen LogP contribution in [-0.2, 0) is 4.74 Å². The number of carbonyl (C=O) groups excluding carboxylic acids is 1. The van der Waals surface area contributed by atoms with E-state index in [2.05, 4.69) is 39.4 Å². The summed E-state index contributed by atoms with van der Waals surface area (Å²) in [6.07, 6.45) is 5.58. The van der Waals surface area contributed by atoms with Gasteiger partial charge in [0.25, 0.3) is 0 Å². The second-order valence-electron chi connectivity index (χ2n) is 8.20. The Morgan fingerprint density at radius 1 is 1.17 bits per heavy atom. The zero-order valence-electron chi connectivity index (χ0n) is 17.3.